The average Bonchev–Trinajstić information content (AvgIpc) is 2.44. The van der Waals surface area contributed by atoms with Crippen LogP contribution in [0.3, 0.4) is 0 Å². The Bertz CT molecular complexity index is 576. The molecule has 0 unspecified atom stereocenters. The van der Waals surface area contributed by atoms with Crippen LogP contribution in [-0.2, 0) is 41.3 Å². The number of ketones is 2. The van der Waals surface area contributed by atoms with Crippen LogP contribution in [0.5, 0.6) is 0 Å². The molecule has 187 valence electrons. The molecule has 0 aromatic heterocycles. The standard InChI is InChI=1S/C5H5F3O2.3C2HF3O2.Cr/c1-3(9)2-4(10)5(6,7)8;3*3-2(4,5)1(6)7;/h2H2,1H3;3*(H,6,7);/q;;;;+3/p-3. The first-order chi connectivity index (χ1) is 13.2. The zero-order chi connectivity index (χ0) is 26.6. The predicted octanol–water partition coefficient (Wildman–Crippen LogP) is -1.01. The van der Waals surface area contributed by atoms with Gasteiger partial charge < -0.3 is 29.7 Å². The monoisotopic (exact) mass is 545 g/mol. The van der Waals surface area contributed by atoms with Crippen molar-refractivity contribution < 1.29 is 109 Å². The summed E-state index contributed by atoms with van der Waals surface area (Å²) in [4.78, 5) is 46.3. The van der Waals surface area contributed by atoms with Crippen LogP contribution in [0.4, 0.5) is 52.7 Å². The molecular formula is C11H5CrF12O8. The number of hydrogen-bond acceptors (Lipinski definition) is 8. The van der Waals surface area contributed by atoms with E-state index in [4.69, 9.17) is 29.7 Å². The van der Waals surface area contributed by atoms with E-state index < -0.39 is 60.6 Å². The van der Waals surface area contributed by atoms with Gasteiger partial charge in [0.1, 0.15) is 23.7 Å². The molecule has 0 rings (SSSR count). The molecule has 0 aliphatic heterocycles. The van der Waals surface area contributed by atoms with Crippen molar-refractivity contribution in [1.29, 1.82) is 0 Å². The number of hydrogen-bond donors (Lipinski definition) is 0. The minimum Gasteiger partial charge on any atom is -0.542 e. The molecular weight excluding hydrogens is 540 g/mol. The average molecular weight is 545 g/mol. The number of rotatable bonds is 2. The molecule has 0 aromatic rings. The van der Waals surface area contributed by atoms with Crippen LogP contribution in [0.2, 0.25) is 0 Å². The Balaban J connectivity index is -0.000000102. The first-order valence-electron chi connectivity index (χ1n) is 6.11. The third kappa shape index (κ3) is 29.6. The van der Waals surface area contributed by atoms with Gasteiger partial charge in [0.05, 0.1) is 6.42 Å². The molecule has 0 saturated carbocycles. The Morgan fingerprint density at radius 1 is 0.531 bits per heavy atom. The van der Waals surface area contributed by atoms with Gasteiger partial charge in [-0.05, 0) is 6.92 Å². The van der Waals surface area contributed by atoms with Crippen LogP contribution in [0.25, 0.3) is 0 Å². The molecule has 0 aromatic carbocycles. The molecule has 32 heavy (non-hydrogen) atoms. The van der Waals surface area contributed by atoms with Crippen molar-refractivity contribution in [2.24, 2.45) is 0 Å². The Morgan fingerprint density at radius 3 is 0.719 bits per heavy atom. The van der Waals surface area contributed by atoms with Gasteiger partial charge in [-0.3, -0.25) is 9.59 Å². The van der Waals surface area contributed by atoms with Crippen molar-refractivity contribution in [2.45, 2.75) is 38.0 Å². The van der Waals surface area contributed by atoms with Gasteiger partial charge in [0, 0.05) is 0 Å². The third-order valence-electron chi connectivity index (χ3n) is 1.42. The van der Waals surface area contributed by atoms with Crippen molar-refractivity contribution in [3.63, 3.8) is 0 Å². The molecule has 0 spiro atoms. The first kappa shape index (κ1) is 39.9. The van der Waals surface area contributed by atoms with Gasteiger partial charge in [0.25, 0.3) is 0 Å². The van der Waals surface area contributed by atoms with Gasteiger partial charge in [-0.25, -0.2) is 0 Å². The van der Waals surface area contributed by atoms with Gasteiger partial charge in [-0.1, -0.05) is 0 Å². The Hall–Kier alpha value is -2.56. The van der Waals surface area contributed by atoms with Crippen LogP contribution >= 0.6 is 0 Å². The van der Waals surface area contributed by atoms with Crippen molar-refractivity contribution in [1.82, 2.24) is 0 Å². The van der Waals surface area contributed by atoms with E-state index >= 15 is 0 Å². The minimum absolute atomic E-state index is 0. The van der Waals surface area contributed by atoms with Crippen LogP contribution in [0.15, 0.2) is 0 Å². The number of carbonyl (C=O) groups is 5. The summed E-state index contributed by atoms with van der Waals surface area (Å²) in [5.74, 6) is -11.8. The maximum absolute atomic E-state index is 11.3. The Labute approximate surface area is 177 Å². The number of aliphatic carboxylic acids is 3. The number of carboxylic acids is 3. The molecule has 0 saturated heterocycles. The molecule has 1 radical (unpaired) electrons. The molecule has 0 aliphatic rings. The van der Waals surface area contributed by atoms with E-state index in [1.54, 1.807) is 0 Å². The second-order valence-corrected chi connectivity index (χ2v) is 4.16. The van der Waals surface area contributed by atoms with Gasteiger partial charge in [-0.2, -0.15) is 52.7 Å². The zero-order valence-corrected chi connectivity index (χ0v) is 15.7. The summed E-state index contributed by atoms with van der Waals surface area (Å²) in [7, 11) is 0. The predicted molar refractivity (Wildman–Crippen MR) is 59.5 cm³/mol. The summed E-state index contributed by atoms with van der Waals surface area (Å²) >= 11 is 0. The van der Waals surface area contributed by atoms with Crippen molar-refractivity contribution >= 4 is 29.5 Å². The van der Waals surface area contributed by atoms with Crippen LogP contribution in [0.1, 0.15) is 13.3 Å². The summed E-state index contributed by atoms with van der Waals surface area (Å²) < 4.78 is 129. The fourth-order valence-electron chi connectivity index (χ4n) is 0.326. The summed E-state index contributed by atoms with van der Waals surface area (Å²) in [5, 5.41) is 26.4. The third-order valence-corrected chi connectivity index (χ3v) is 1.42. The molecule has 0 fully saturated rings. The van der Waals surface area contributed by atoms with E-state index in [1.807, 2.05) is 0 Å². The SMILES string of the molecule is CC(=O)CC(=O)C(F)(F)F.O=C([O-])C(F)(F)F.O=C([O-])C(F)(F)F.O=C([O-])C(F)(F)F.[Cr+3]. The molecule has 0 bridgehead atoms. The largest absolute Gasteiger partial charge is 3.00 e. The number of halogens is 12. The summed E-state index contributed by atoms with van der Waals surface area (Å²) in [6, 6.07) is 0. The minimum atomic E-state index is -5.19. The van der Waals surface area contributed by atoms with Gasteiger partial charge in [0.15, 0.2) is 0 Å². The van der Waals surface area contributed by atoms with Gasteiger partial charge in [0.2, 0.25) is 5.78 Å². The van der Waals surface area contributed by atoms with E-state index in [0.29, 0.717) is 0 Å². The summed E-state index contributed by atoms with van der Waals surface area (Å²) in [6.07, 6.45) is -21.5. The molecule has 0 N–H and O–H groups in total. The van der Waals surface area contributed by atoms with Crippen LogP contribution in [0, 0.1) is 0 Å². The normalized spacial score (nSPS) is 10.9. The Kier molecular flexibility index (Phi) is 19.0. The molecule has 0 amide bonds. The fraction of sp³-hybridized carbons (Fsp3) is 0.545. The van der Waals surface area contributed by atoms with Crippen molar-refractivity contribution in [3.8, 4) is 0 Å². The fourth-order valence-corrected chi connectivity index (χ4v) is 0.326. The number of alkyl halides is 12. The molecule has 8 nitrogen and oxygen atoms in total. The quantitative estimate of drug-likeness (QED) is 0.316. The van der Waals surface area contributed by atoms with Gasteiger partial charge >= 0.3 is 42.1 Å². The van der Waals surface area contributed by atoms with Crippen molar-refractivity contribution in [3.05, 3.63) is 0 Å². The maximum Gasteiger partial charge on any atom is 3.00 e. The van der Waals surface area contributed by atoms with Crippen LogP contribution < -0.4 is 15.3 Å². The maximum atomic E-state index is 11.3. The van der Waals surface area contributed by atoms with E-state index in [2.05, 4.69) is 0 Å². The second kappa shape index (κ2) is 15.3. The van der Waals surface area contributed by atoms with E-state index in [0.717, 1.165) is 6.92 Å². The molecule has 0 heterocycles. The second-order valence-electron chi connectivity index (χ2n) is 4.16. The van der Waals surface area contributed by atoms with Crippen LogP contribution in [-0.4, -0.2) is 54.2 Å². The number of carbonyl (C=O) groups excluding carboxylic acids is 5. The summed E-state index contributed by atoms with van der Waals surface area (Å²) in [5.41, 5.74) is 0. The summed E-state index contributed by atoms with van der Waals surface area (Å²) in [6.45, 7) is 0.934. The number of carboxylic acid groups (broad SMARTS) is 3. The van der Waals surface area contributed by atoms with Gasteiger partial charge in [-0.15, -0.1) is 0 Å². The molecule has 0 atom stereocenters. The molecule has 0 aliphatic carbocycles. The van der Waals surface area contributed by atoms with Crippen molar-refractivity contribution in [2.75, 3.05) is 0 Å². The van der Waals surface area contributed by atoms with E-state index in [-0.39, 0.29) is 17.4 Å². The van der Waals surface area contributed by atoms with E-state index in [1.165, 1.54) is 0 Å². The van der Waals surface area contributed by atoms with E-state index in [9.17, 15) is 62.3 Å². The first-order valence-corrected chi connectivity index (χ1v) is 6.11. The Morgan fingerprint density at radius 2 is 0.688 bits per heavy atom. The smallest absolute Gasteiger partial charge is 0.542 e. The number of Topliss-reactive ketones (excluding diaryl/α,β-unsaturated/α-hetero) is 2. The zero-order valence-electron chi connectivity index (χ0n) is 14.4. The topological polar surface area (TPSA) is 155 Å². The molecule has 21 heteroatoms.